The number of nitrogens with zero attached hydrogens (tertiary/aromatic N) is 1. The van der Waals surface area contributed by atoms with Gasteiger partial charge in [-0.3, -0.25) is 0 Å². The van der Waals surface area contributed by atoms with Crippen LogP contribution in [0.5, 0.6) is 5.75 Å². The number of halogens is 2. The summed E-state index contributed by atoms with van der Waals surface area (Å²) < 4.78 is 5.49. The van der Waals surface area contributed by atoms with Gasteiger partial charge >= 0.3 is 0 Å². The number of aliphatic hydroxyl groups excluding tert-OH is 1. The highest BCUT2D eigenvalue weighted by Gasteiger charge is 2.10. The first kappa shape index (κ1) is 18.5. The quantitative estimate of drug-likeness (QED) is 0.646. The van der Waals surface area contributed by atoms with Crippen LogP contribution in [0.2, 0.25) is 10.0 Å². The van der Waals surface area contributed by atoms with Crippen molar-refractivity contribution in [2.45, 2.75) is 20.0 Å². The number of hydrogen-bond acceptors (Lipinski definition) is 4. The number of ether oxygens (including phenoxy) is 1. The highest BCUT2D eigenvalue weighted by atomic mass is 35.5. The topological polar surface area (TPSA) is 44.7 Å². The van der Waals surface area contributed by atoms with Gasteiger partial charge in [-0.05, 0) is 25.2 Å². The molecule has 0 heterocycles. The number of aliphatic hydroxyl groups is 1. The van der Waals surface area contributed by atoms with Crippen molar-refractivity contribution in [2.75, 3.05) is 39.3 Å². The third-order valence-electron chi connectivity index (χ3n) is 3.22. The van der Waals surface area contributed by atoms with Crippen molar-refractivity contribution in [1.82, 2.24) is 10.2 Å². The zero-order valence-electron chi connectivity index (χ0n) is 12.6. The van der Waals surface area contributed by atoms with Crippen molar-refractivity contribution in [3.63, 3.8) is 0 Å². The van der Waals surface area contributed by atoms with Gasteiger partial charge in [0.25, 0.3) is 0 Å². The minimum atomic E-state index is -0.603. The van der Waals surface area contributed by atoms with E-state index >= 15 is 0 Å². The number of nitrogens with one attached hydrogen (secondary N) is 1. The molecule has 1 aromatic rings. The number of rotatable bonds is 10. The van der Waals surface area contributed by atoms with Gasteiger partial charge in [-0.25, -0.2) is 0 Å². The first-order chi connectivity index (χ1) is 10.1. The summed E-state index contributed by atoms with van der Waals surface area (Å²) in [4.78, 5) is 2.32. The van der Waals surface area contributed by atoms with Crippen molar-refractivity contribution in [3.05, 3.63) is 28.2 Å². The average molecular weight is 335 g/mol. The molecule has 0 aliphatic heterocycles. The first-order valence-electron chi connectivity index (χ1n) is 7.26. The Labute approximate surface area is 137 Å². The second-order valence-electron chi connectivity index (χ2n) is 4.75. The van der Waals surface area contributed by atoms with Crippen LogP contribution in [-0.2, 0) is 0 Å². The molecule has 0 bridgehead atoms. The predicted molar refractivity (Wildman–Crippen MR) is 88.6 cm³/mol. The molecule has 0 fully saturated rings. The third-order valence-corrected chi connectivity index (χ3v) is 3.81. The molecule has 1 rings (SSSR count). The van der Waals surface area contributed by atoms with Crippen LogP contribution in [0.1, 0.15) is 13.8 Å². The van der Waals surface area contributed by atoms with Gasteiger partial charge in [-0.2, -0.15) is 0 Å². The van der Waals surface area contributed by atoms with Crippen LogP contribution in [0.4, 0.5) is 0 Å². The standard InChI is InChI=1S/C15H24Cl2N2O2/c1-3-19(4-2)9-8-18-10-12(20)11-21-15-13(16)6-5-7-14(15)17/h5-7,12,18,20H,3-4,8-11H2,1-2H3. The smallest absolute Gasteiger partial charge is 0.156 e. The average Bonchev–Trinajstić information content (AvgIpc) is 2.47. The molecule has 1 aromatic carbocycles. The maximum atomic E-state index is 9.88. The fraction of sp³-hybridized carbons (Fsp3) is 0.600. The molecule has 0 saturated carbocycles. The molecule has 4 nitrogen and oxygen atoms in total. The van der Waals surface area contributed by atoms with Crippen LogP contribution in [0.15, 0.2) is 18.2 Å². The minimum Gasteiger partial charge on any atom is -0.488 e. The second kappa shape index (κ2) is 10.2. The molecule has 0 spiro atoms. The zero-order chi connectivity index (χ0) is 15.7. The lowest BCUT2D eigenvalue weighted by Crippen LogP contribution is -2.37. The monoisotopic (exact) mass is 334 g/mol. The molecule has 2 N–H and O–H groups in total. The van der Waals surface area contributed by atoms with E-state index in [9.17, 15) is 5.11 Å². The van der Waals surface area contributed by atoms with Crippen LogP contribution >= 0.6 is 23.2 Å². The molecular formula is C15H24Cl2N2O2. The van der Waals surface area contributed by atoms with Gasteiger partial charge in [-0.1, -0.05) is 43.1 Å². The lowest BCUT2D eigenvalue weighted by atomic mass is 10.3. The highest BCUT2D eigenvalue weighted by Crippen LogP contribution is 2.32. The number of benzene rings is 1. The fourth-order valence-electron chi connectivity index (χ4n) is 1.90. The van der Waals surface area contributed by atoms with Gasteiger partial charge in [0.15, 0.2) is 5.75 Å². The summed E-state index contributed by atoms with van der Waals surface area (Å²) in [6.45, 7) is 8.79. The Morgan fingerprint density at radius 1 is 1.24 bits per heavy atom. The van der Waals surface area contributed by atoms with Crippen LogP contribution in [0.25, 0.3) is 0 Å². The summed E-state index contributed by atoms with van der Waals surface area (Å²) in [6.07, 6.45) is -0.603. The lowest BCUT2D eigenvalue weighted by molar-refractivity contribution is 0.106. The van der Waals surface area contributed by atoms with Crippen LogP contribution in [0.3, 0.4) is 0 Å². The lowest BCUT2D eigenvalue weighted by Gasteiger charge is -2.19. The van der Waals surface area contributed by atoms with E-state index in [4.69, 9.17) is 27.9 Å². The minimum absolute atomic E-state index is 0.154. The molecule has 0 aliphatic rings. The number of para-hydroxylation sites is 1. The Hall–Kier alpha value is -0.520. The molecule has 6 heteroatoms. The third kappa shape index (κ3) is 6.85. The van der Waals surface area contributed by atoms with Crippen molar-refractivity contribution in [3.8, 4) is 5.75 Å². The molecule has 0 aliphatic carbocycles. The summed E-state index contributed by atoms with van der Waals surface area (Å²) >= 11 is 12.0. The van der Waals surface area contributed by atoms with Crippen molar-refractivity contribution < 1.29 is 9.84 Å². The Bertz CT molecular complexity index is 394. The predicted octanol–water partition coefficient (Wildman–Crippen LogP) is 2.66. The normalized spacial score (nSPS) is 12.7. The fourth-order valence-corrected chi connectivity index (χ4v) is 2.41. The highest BCUT2D eigenvalue weighted by molar-refractivity contribution is 6.37. The second-order valence-corrected chi connectivity index (χ2v) is 5.56. The van der Waals surface area contributed by atoms with Gasteiger partial charge in [-0.15, -0.1) is 0 Å². The van der Waals surface area contributed by atoms with Crippen molar-refractivity contribution in [2.24, 2.45) is 0 Å². The molecule has 0 amide bonds. The number of likely N-dealkylation sites (N-methyl/N-ethyl adjacent to an activating group) is 1. The molecular weight excluding hydrogens is 311 g/mol. The molecule has 0 aromatic heterocycles. The Morgan fingerprint density at radius 2 is 1.86 bits per heavy atom. The van der Waals surface area contributed by atoms with Crippen LogP contribution < -0.4 is 10.1 Å². The summed E-state index contributed by atoms with van der Waals surface area (Å²) in [6, 6.07) is 5.16. The van der Waals surface area contributed by atoms with Crippen LogP contribution in [-0.4, -0.2) is 55.4 Å². The maximum absolute atomic E-state index is 9.88. The molecule has 0 radical (unpaired) electrons. The zero-order valence-corrected chi connectivity index (χ0v) is 14.1. The molecule has 0 saturated heterocycles. The maximum Gasteiger partial charge on any atom is 0.156 e. The summed E-state index contributed by atoms with van der Waals surface area (Å²) in [5.41, 5.74) is 0. The van der Waals surface area contributed by atoms with Crippen molar-refractivity contribution >= 4 is 23.2 Å². The van der Waals surface area contributed by atoms with Gasteiger partial charge < -0.3 is 20.1 Å². The van der Waals surface area contributed by atoms with Gasteiger partial charge in [0.2, 0.25) is 0 Å². The number of hydrogen-bond donors (Lipinski definition) is 2. The van der Waals surface area contributed by atoms with E-state index < -0.39 is 6.10 Å². The van der Waals surface area contributed by atoms with Gasteiger partial charge in [0, 0.05) is 19.6 Å². The summed E-state index contributed by atoms with van der Waals surface area (Å²) in [5.74, 6) is 0.419. The first-order valence-corrected chi connectivity index (χ1v) is 8.02. The summed E-state index contributed by atoms with van der Waals surface area (Å²) in [5, 5.41) is 14.0. The Balaban J connectivity index is 2.24. The molecule has 1 atom stereocenters. The summed E-state index contributed by atoms with van der Waals surface area (Å²) in [7, 11) is 0. The van der Waals surface area contributed by atoms with Gasteiger partial charge in [0.05, 0.1) is 10.0 Å². The van der Waals surface area contributed by atoms with E-state index in [1.165, 1.54) is 0 Å². The van der Waals surface area contributed by atoms with Gasteiger partial charge in [0.1, 0.15) is 12.7 Å². The molecule has 21 heavy (non-hydrogen) atoms. The largest absolute Gasteiger partial charge is 0.488 e. The van der Waals surface area contributed by atoms with E-state index in [1.807, 2.05) is 0 Å². The van der Waals surface area contributed by atoms with Crippen molar-refractivity contribution in [1.29, 1.82) is 0 Å². The Morgan fingerprint density at radius 3 is 2.43 bits per heavy atom. The van der Waals surface area contributed by atoms with Crippen LogP contribution in [0, 0.1) is 0 Å². The SMILES string of the molecule is CCN(CC)CCNCC(O)COc1c(Cl)cccc1Cl. The van der Waals surface area contributed by atoms with E-state index in [-0.39, 0.29) is 6.61 Å². The van der Waals surface area contributed by atoms with E-state index in [0.29, 0.717) is 22.3 Å². The molecule has 120 valence electrons. The van der Waals surface area contributed by atoms with E-state index in [2.05, 4.69) is 24.1 Å². The van der Waals surface area contributed by atoms with E-state index in [1.54, 1.807) is 18.2 Å². The molecule has 1 unspecified atom stereocenters. The van der Waals surface area contributed by atoms with E-state index in [0.717, 1.165) is 26.2 Å². The Kier molecular flexibility index (Phi) is 9.04.